The zero-order chi connectivity index (χ0) is 22.8. The second-order valence-electron chi connectivity index (χ2n) is 6.04. The molecule has 3 aromatic rings. The summed E-state index contributed by atoms with van der Waals surface area (Å²) in [6.45, 7) is 0. The van der Waals surface area contributed by atoms with E-state index in [1.54, 1.807) is 12.1 Å². The van der Waals surface area contributed by atoms with Crippen LogP contribution in [0.5, 0.6) is 0 Å². The molecule has 0 bridgehead atoms. The number of anilines is 1. The van der Waals surface area contributed by atoms with Crippen molar-refractivity contribution >= 4 is 23.4 Å². The van der Waals surface area contributed by atoms with Gasteiger partial charge in [-0.1, -0.05) is 11.8 Å². The largest absolute Gasteiger partial charge is 0.416 e. The number of benzene rings is 1. The standard InChI is InChI=1S/C17H12F6N6OS/c18-16(19,20)10-5-11(17(21,22)23)7-12(6-10)26-13(30)8-31-15-28-27-14(29(15)24)9-1-3-25-4-2-9/h1-7H,8,24H2,(H,26,30). The Morgan fingerprint density at radius 2 is 1.58 bits per heavy atom. The second kappa shape index (κ2) is 8.45. The number of hydrogen-bond acceptors (Lipinski definition) is 6. The van der Waals surface area contributed by atoms with Crippen LogP contribution in [-0.4, -0.2) is 31.5 Å². The van der Waals surface area contributed by atoms with Crippen LogP contribution in [-0.2, 0) is 17.1 Å². The van der Waals surface area contributed by atoms with E-state index in [0.717, 1.165) is 16.4 Å². The Kier molecular flexibility index (Phi) is 6.10. The van der Waals surface area contributed by atoms with Gasteiger partial charge in [-0.25, -0.2) is 4.68 Å². The molecular weight excluding hydrogens is 450 g/mol. The van der Waals surface area contributed by atoms with Crippen molar-refractivity contribution in [2.75, 3.05) is 16.9 Å². The number of pyridine rings is 1. The van der Waals surface area contributed by atoms with Crippen molar-refractivity contribution in [1.82, 2.24) is 19.9 Å². The third-order valence-electron chi connectivity index (χ3n) is 3.81. The van der Waals surface area contributed by atoms with Crippen LogP contribution in [0.2, 0.25) is 0 Å². The van der Waals surface area contributed by atoms with Crippen LogP contribution in [0.25, 0.3) is 11.4 Å². The first-order valence-electron chi connectivity index (χ1n) is 8.28. The van der Waals surface area contributed by atoms with Gasteiger partial charge in [0.25, 0.3) is 0 Å². The van der Waals surface area contributed by atoms with Gasteiger partial charge in [0, 0.05) is 23.6 Å². The van der Waals surface area contributed by atoms with E-state index in [-0.39, 0.29) is 22.8 Å². The third kappa shape index (κ3) is 5.45. The number of nitrogens with one attached hydrogen (secondary N) is 1. The minimum absolute atomic E-state index is 0.0259. The zero-order valence-corrected chi connectivity index (χ0v) is 16.0. The number of nitrogen functional groups attached to an aromatic ring is 1. The molecule has 31 heavy (non-hydrogen) atoms. The average Bonchev–Trinajstić information content (AvgIpc) is 3.06. The molecule has 0 unspecified atom stereocenters. The van der Waals surface area contributed by atoms with E-state index in [9.17, 15) is 31.1 Å². The lowest BCUT2D eigenvalue weighted by molar-refractivity contribution is -0.143. The minimum Gasteiger partial charge on any atom is -0.335 e. The van der Waals surface area contributed by atoms with Crippen LogP contribution in [0.1, 0.15) is 11.1 Å². The van der Waals surface area contributed by atoms with E-state index in [2.05, 4.69) is 15.2 Å². The van der Waals surface area contributed by atoms with Gasteiger partial charge < -0.3 is 11.2 Å². The maximum absolute atomic E-state index is 12.9. The minimum atomic E-state index is -5.02. The molecule has 7 nitrogen and oxygen atoms in total. The van der Waals surface area contributed by atoms with Crippen molar-refractivity contribution in [2.45, 2.75) is 17.5 Å². The number of hydrogen-bond donors (Lipinski definition) is 2. The summed E-state index contributed by atoms with van der Waals surface area (Å²) in [6, 6.07) is 4.07. The van der Waals surface area contributed by atoms with Gasteiger partial charge in [0.05, 0.1) is 16.9 Å². The fourth-order valence-electron chi connectivity index (χ4n) is 2.43. The van der Waals surface area contributed by atoms with Gasteiger partial charge in [-0.05, 0) is 30.3 Å². The van der Waals surface area contributed by atoms with Crippen LogP contribution in [0, 0.1) is 0 Å². The highest BCUT2D eigenvalue weighted by Gasteiger charge is 2.37. The Balaban J connectivity index is 1.72. The molecule has 1 amide bonds. The summed E-state index contributed by atoms with van der Waals surface area (Å²) in [6.07, 6.45) is -7.02. The first-order chi connectivity index (χ1) is 14.4. The van der Waals surface area contributed by atoms with E-state index in [4.69, 9.17) is 5.84 Å². The number of carbonyl (C=O) groups excluding carboxylic acids is 1. The number of carbonyl (C=O) groups is 1. The van der Waals surface area contributed by atoms with E-state index in [0.29, 0.717) is 17.7 Å². The Bertz CT molecular complexity index is 1050. The number of amides is 1. The molecule has 0 aliphatic rings. The first kappa shape index (κ1) is 22.4. The molecule has 0 saturated heterocycles. The molecule has 2 heterocycles. The van der Waals surface area contributed by atoms with Crippen LogP contribution < -0.4 is 11.2 Å². The predicted molar refractivity (Wildman–Crippen MR) is 99.2 cm³/mol. The second-order valence-corrected chi connectivity index (χ2v) is 6.99. The maximum Gasteiger partial charge on any atom is 0.416 e. The van der Waals surface area contributed by atoms with Crippen molar-refractivity contribution in [3.63, 3.8) is 0 Å². The number of aromatic nitrogens is 4. The first-order valence-corrected chi connectivity index (χ1v) is 9.27. The number of alkyl halides is 6. The molecule has 0 aliphatic carbocycles. The van der Waals surface area contributed by atoms with Crippen LogP contribution in [0.15, 0.2) is 47.9 Å². The molecule has 0 spiro atoms. The van der Waals surface area contributed by atoms with E-state index >= 15 is 0 Å². The van der Waals surface area contributed by atoms with Crippen molar-refractivity contribution in [2.24, 2.45) is 0 Å². The molecule has 3 N–H and O–H groups in total. The summed E-state index contributed by atoms with van der Waals surface area (Å²) in [5.41, 5.74) is -3.10. The maximum atomic E-state index is 12.9. The number of halogens is 6. The van der Waals surface area contributed by atoms with E-state index in [1.807, 2.05) is 5.32 Å². The van der Waals surface area contributed by atoms with Crippen molar-refractivity contribution < 1.29 is 31.1 Å². The molecule has 0 fully saturated rings. The highest BCUT2D eigenvalue weighted by molar-refractivity contribution is 7.99. The van der Waals surface area contributed by atoms with Crippen LogP contribution in [0.3, 0.4) is 0 Å². The molecule has 1 aromatic carbocycles. The molecule has 14 heteroatoms. The Morgan fingerprint density at radius 3 is 2.13 bits per heavy atom. The van der Waals surface area contributed by atoms with Crippen molar-refractivity contribution in [3.8, 4) is 11.4 Å². The monoisotopic (exact) mass is 462 g/mol. The van der Waals surface area contributed by atoms with Crippen molar-refractivity contribution in [3.05, 3.63) is 53.9 Å². The Hall–Kier alpha value is -3.29. The van der Waals surface area contributed by atoms with Gasteiger partial charge in [-0.2, -0.15) is 26.3 Å². The van der Waals surface area contributed by atoms with Gasteiger partial charge in [-0.3, -0.25) is 9.78 Å². The van der Waals surface area contributed by atoms with E-state index in [1.165, 1.54) is 12.4 Å². The number of thioether (sulfide) groups is 1. The molecule has 0 radical (unpaired) electrons. The summed E-state index contributed by atoms with van der Waals surface area (Å²) in [5.74, 6) is 4.91. The number of nitrogens with zero attached hydrogens (tertiary/aromatic N) is 4. The Morgan fingerprint density at radius 1 is 1.00 bits per heavy atom. The van der Waals surface area contributed by atoms with Gasteiger partial charge in [0.15, 0.2) is 5.82 Å². The van der Waals surface area contributed by atoms with Gasteiger partial charge in [0.2, 0.25) is 11.1 Å². The quantitative estimate of drug-likeness (QED) is 0.340. The van der Waals surface area contributed by atoms with Crippen LogP contribution in [0.4, 0.5) is 32.0 Å². The van der Waals surface area contributed by atoms with Crippen LogP contribution >= 0.6 is 11.8 Å². The fraction of sp³-hybridized carbons (Fsp3) is 0.176. The topological polar surface area (TPSA) is 98.7 Å². The molecular formula is C17H12F6N6OS. The summed E-state index contributed by atoms with van der Waals surface area (Å²) in [5, 5.41) is 9.84. The van der Waals surface area contributed by atoms with Gasteiger partial charge in [0.1, 0.15) is 0 Å². The highest BCUT2D eigenvalue weighted by atomic mass is 32.2. The molecule has 3 rings (SSSR count). The van der Waals surface area contributed by atoms with E-state index < -0.39 is 35.1 Å². The summed E-state index contributed by atoms with van der Waals surface area (Å²) < 4.78 is 78.6. The zero-order valence-electron chi connectivity index (χ0n) is 15.2. The molecule has 2 aromatic heterocycles. The Labute approximate surface area is 174 Å². The summed E-state index contributed by atoms with van der Waals surface area (Å²) in [4.78, 5) is 15.9. The lowest BCUT2D eigenvalue weighted by atomic mass is 10.1. The summed E-state index contributed by atoms with van der Waals surface area (Å²) in [7, 11) is 0. The smallest absolute Gasteiger partial charge is 0.335 e. The van der Waals surface area contributed by atoms with Crippen molar-refractivity contribution in [1.29, 1.82) is 0 Å². The number of nitrogens with two attached hydrogens (primary N) is 1. The molecule has 0 atom stereocenters. The normalized spacial score (nSPS) is 12.1. The third-order valence-corrected chi connectivity index (χ3v) is 4.75. The molecule has 164 valence electrons. The van der Waals surface area contributed by atoms with Gasteiger partial charge in [-0.15, -0.1) is 10.2 Å². The van der Waals surface area contributed by atoms with Gasteiger partial charge >= 0.3 is 12.4 Å². The molecule has 0 saturated carbocycles. The fourth-order valence-corrected chi connectivity index (χ4v) is 3.08. The number of rotatable bonds is 5. The lowest BCUT2D eigenvalue weighted by Gasteiger charge is -2.14. The predicted octanol–water partition coefficient (Wildman–Crippen LogP) is 3.82. The SMILES string of the molecule is Nn1c(SCC(=O)Nc2cc(C(F)(F)F)cc(C(F)(F)F)c2)nnc1-c1ccncc1. The summed E-state index contributed by atoms with van der Waals surface area (Å²) >= 11 is 0.802. The highest BCUT2D eigenvalue weighted by Crippen LogP contribution is 2.37. The molecule has 0 aliphatic heterocycles. The average molecular weight is 462 g/mol. The lowest BCUT2D eigenvalue weighted by Crippen LogP contribution is -2.18.